The topological polar surface area (TPSA) is 48.5 Å². The van der Waals surface area contributed by atoms with E-state index in [4.69, 9.17) is 19.2 Å². The second-order valence-electron chi connectivity index (χ2n) is 12.3. The van der Waals surface area contributed by atoms with Gasteiger partial charge in [0.1, 0.15) is 0 Å². The van der Waals surface area contributed by atoms with Crippen LogP contribution in [0.1, 0.15) is 32.9 Å². The molecule has 0 radical (unpaired) electrons. The third-order valence-corrected chi connectivity index (χ3v) is 9.11. The first kappa shape index (κ1) is 16.0. The largest absolute Gasteiger partial charge is 0.309 e. The Labute approximate surface area is 357 Å². The highest BCUT2D eigenvalue weighted by Crippen LogP contribution is 2.42. The van der Waals surface area contributed by atoms with Crippen LogP contribution in [0.4, 0.5) is 0 Å². The smallest absolute Gasteiger partial charge is 0.238 e. The van der Waals surface area contributed by atoms with Gasteiger partial charge in [0, 0.05) is 38.4 Å². The van der Waals surface area contributed by atoms with Crippen molar-refractivity contribution in [1.82, 2.24) is 24.1 Å². The molecule has 0 atom stereocenters. The van der Waals surface area contributed by atoms with Crippen LogP contribution in [-0.2, 0) is 0 Å². The van der Waals surface area contributed by atoms with Gasteiger partial charge in [-0.25, -0.2) is 4.98 Å². The summed E-state index contributed by atoms with van der Waals surface area (Å²) in [7, 11) is 0. The van der Waals surface area contributed by atoms with Crippen molar-refractivity contribution in [3.8, 4) is 56.7 Å². The van der Waals surface area contributed by atoms with Crippen LogP contribution in [0, 0.1) is 0 Å². The van der Waals surface area contributed by atoms with E-state index in [1.807, 2.05) is 30.3 Å². The lowest BCUT2D eigenvalue weighted by molar-refractivity contribution is 0.953. The van der Waals surface area contributed by atoms with E-state index >= 15 is 0 Å². The van der Waals surface area contributed by atoms with Crippen molar-refractivity contribution in [1.29, 1.82) is 0 Å². The Morgan fingerprint density at radius 2 is 0.857 bits per heavy atom. The fourth-order valence-electron chi connectivity index (χ4n) is 6.72. The molecule has 56 heavy (non-hydrogen) atoms. The van der Waals surface area contributed by atoms with E-state index in [2.05, 4.69) is 15.0 Å². The van der Waals surface area contributed by atoms with Crippen molar-refractivity contribution < 1.29 is 32.9 Å². The number of benzene rings is 8. The lowest BCUT2D eigenvalue weighted by Gasteiger charge is -2.12. The summed E-state index contributed by atoms with van der Waals surface area (Å²) >= 11 is 0. The molecule has 5 nitrogen and oxygen atoms in total. The van der Waals surface area contributed by atoms with Crippen molar-refractivity contribution in [3.05, 3.63) is 200 Å². The molecule has 0 aliphatic heterocycles. The molecule has 0 saturated carbocycles. The lowest BCUT2D eigenvalue weighted by atomic mass is 10.0. The Balaban J connectivity index is 1.35. The molecule has 0 bridgehead atoms. The lowest BCUT2D eigenvalue weighted by Crippen LogP contribution is -2.06. The van der Waals surface area contributed by atoms with E-state index in [0.29, 0.717) is 5.56 Å². The van der Waals surface area contributed by atoms with Crippen LogP contribution in [0.5, 0.6) is 0 Å². The van der Waals surface area contributed by atoms with Crippen LogP contribution in [0.3, 0.4) is 0 Å². The highest BCUT2D eigenvalue weighted by atomic mass is 15.2. The summed E-state index contributed by atoms with van der Waals surface area (Å²) < 4.78 is 218. The molecule has 8 aromatic carbocycles. The number of fused-ring (bicyclic) bond motifs is 7. The molecule has 0 unspecified atom stereocenters. The summed E-state index contributed by atoms with van der Waals surface area (Å²) in [6.45, 7) is 0. The SMILES string of the molecule is [2H]c1c([2H])c([2H])c(-c2nc(-c3c([2H])c([2H])c(-c4c([2H])c([2H])c([2H])c([2H])c4[2H])c([2H])c3[2H])nc(-n3c4c([2H])c([2H])c([2H])c([2H])c4c4c5c6c([2H])c([2H])c([2H])c([2H])c6n(-c6cccc(-c7ccccc7)c6)c5c([2H])c([2H])c43)n2)c([2H])c1[2H]. The first-order valence-electron chi connectivity index (χ1n) is 28.9. The zero-order chi connectivity index (χ0) is 57.9. The summed E-state index contributed by atoms with van der Waals surface area (Å²) in [5.41, 5.74) is -2.66. The first-order valence-corrected chi connectivity index (χ1v) is 16.9. The van der Waals surface area contributed by atoms with E-state index in [0.717, 1.165) is 10.1 Å². The number of nitrogens with zero attached hydrogens (tertiary/aromatic N) is 5. The Bertz CT molecular complexity index is 4560. The molecule has 3 heterocycles. The van der Waals surface area contributed by atoms with Gasteiger partial charge in [-0.1, -0.05) is 163 Å². The molecule has 11 rings (SSSR count). The molecule has 0 spiro atoms. The van der Waals surface area contributed by atoms with Gasteiger partial charge in [0.2, 0.25) is 5.95 Å². The summed E-state index contributed by atoms with van der Waals surface area (Å²) in [6, 6.07) is -3.88. The normalized spacial score (nSPS) is 17.6. The van der Waals surface area contributed by atoms with Crippen LogP contribution >= 0.6 is 0 Å². The summed E-state index contributed by atoms with van der Waals surface area (Å²) in [6.07, 6.45) is 0. The minimum Gasteiger partial charge on any atom is -0.309 e. The van der Waals surface area contributed by atoms with Crippen molar-refractivity contribution >= 4 is 43.6 Å². The predicted molar refractivity (Wildman–Crippen MR) is 230 cm³/mol. The maximum atomic E-state index is 9.95. The minimum absolute atomic E-state index is 0.181. The van der Waals surface area contributed by atoms with Crippen molar-refractivity contribution in [2.75, 3.05) is 0 Å². The molecule has 0 amide bonds. The van der Waals surface area contributed by atoms with E-state index in [1.54, 1.807) is 24.3 Å². The van der Waals surface area contributed by atoms with Gasteiger partial charge in [0.25, 0.3) is 0 Å². The Morgan fingerprint density at radius 1 is 0.357 bits per heavy atom. The number of aromatic nitrogens is 5. The summed E-state index contributed by atoms with van der Waals surface area (Å²) in [5.74, 6) is -2.48. The quantitative estimate of drug-likeness (QED) is 0.171. The molecular weight excluding hydrogens is 683 g/mol. The Kier molecular flexibility index (Phi) is 3.73. The van der Waals surface area contributed by atoms with Gasteiger partial charge in [0.15, 0.2) is 11.6 Å². The minimum atomic E-state index is -0.990. The third-order valence-electron chi connectivity index (χ3n) is 9.11. The van der Waals surface area contributed by atoms with E-state index in [1.165, 1.54) is 4.57 Å². The standard InChI is InChI=1S/C51H33N5/c1-4-15-34(16-5-1)36-27-29-38(30-28-36)50-52-49(37-19-8-3-9-20-37)53-51(54-50)56-44-26-13-11-24-42(44)48-46(56)32-31-45-47(48)41-23-10-12-25-43(41)55(45)40-22-14-21-39(33-40)35-17-6-2-7-18-35/h1-33H/i1D,3D,4D,5D,8D,9D,10D,11D,12D,13D,15D,16D,19D,20D,23D,24D,25D,26D,27D,28D,29D,30D,31D,32D. The van der Waals surface area contributed by atoms with Gasteiger partial charge in [-0.15, -0.1) is 0 Å². The van der Waals surface area contributed by atoms with Crippen LogP contribution in [-0.4, -0.2) is 24.1 Å². The number of rotatable bonds is 6. The number of para-hydroxylation sites is 2. The second kappa shape index (κ2) is 13.0. The zero-order valence-corrected chi connectivity index (χ0v) is 28.4. The van der Waals surface area contributed by atoms with Crippen LogP contribution in [0.2, 0.25) is 0 Å². The Hall–Kier alpha value is -7.63. The van der Waals surface area contributed by atoms with Gasteiger partial charge in [-0.05, 0) is 58.6 Å². The van der Waals surface area contributed by atoms with Crippen LogP contribution in [0.15, 0.2) is 200 Å². The number of hydrogen-bond acceptors (Lipinski definition) is 3. The fraction of sp³-hybridized carbons (Fsp3) is 0. The van der Waals surface area contributed by atoms with Crippen molar-refractivity contribution in [2.45, 2.75) is 0 Å². The van der Waals surface area contributed by atoms with Gasteiger partial charge in [0.05, 0.1) is 55.0 Å². The van der Waals surface area contributed by atoms with Gasteiger partial charge >= 0.3 is 0 Å². The molecule has 0 saturated heterocycles. The third kappa shape index (κ3) is 5.21. The van der Waals surface area contributed by atoms with Crippen molar-refractivity contribution in [3.63, 3.8) is 0 Å². The first-order chi connectivity index (χ1) is 37.8. The molecular formula is C51H33N5. The van der Waals surface area contributed by atoms with Gasteiger partial charge in [-0.2, -0.15) is 9.97 Å². The molecule has 11 aromatic rings. The average molecular weight is 740 g/mol. The highest BCUT2D eigenvalue weighted by Gasteiger charge is 2.22. The molecule has 0 aliphatic rings. The molecule has 5 heteroatoms. The molecule has 3 aromatic heterocycles. The summed E-state index contributed by atoms with van der Waals surface area (Å²) in [4.78, 5) is 13.5. The zero-order valence-electron chi connectivity index (χ0n) is 52.4. The molecule has 0 N–H and O–H groups in total. The fourth-order valence-corrected chi connectivity index (χ4v) is 6.72. The maximum Gasteiger partial charge on any atom is 0.238 e. The molecule has 0 aliphatic carbocycles. The van der Waals surface area contributed by atoms with Crippen molar-refractivity contribution in [2.24, 2.45) is 0 Å². The van der Waals surface area contributed by atoms with Gasteiger partial charge < -0.3 is 4.57 Å². The maximum absolute atomic E-state index is 9.95. The molecule has 262 valence electrons. The summed E-state index contributed by atoms with van der Waals surface area (Å²) in [5, 5.41) is -1.10. The second-order valence-corrected chi connectivity index (χ2v) is 12.3. The highest BCUT2D eigenvalue weighted by molar-refractivity contribution is 6.28. The van der Waals surface area contributed by atoms with Crippen LogP contribution in [0.25, 0.3) is 100 Å². The van der Waals surface area contributed by atoms with E-state index in [9.17, 15) is 13.7 Å². The van der Waals surface area contributed by atoms with E-state index < -0.39 is 201 Å². The van der Waals surface area contributed by atoms with Crippen LogP contribution < -0.4 is 0 Å². The Morgan fingerprint density at radius 3 is 1.52 bits per heavy atom. The predicted octanol–water partition coefficient (Wildman–Crippen LogP) is 12.7. The average Bonchev–Trinajstić information content (AvgIpc) is 4.24. The van der Waals surface area contributed by atoms with E-state index in [-0.39, 0.29) is 32.9 Å². The molecule has 0 fully saturated rings. The monoisotopic (exact) mass is 739 g/mol. The number of hydrogen-bond donors (Lipinski definition) is 0. The van der Waals surface area contributed by atoms with Gasteiger partial charge in [-0.3, -0.25) is 4.57 Å².